The number of nitrogens with zero attached hydrogens (tertiary/aromatic N) is 3. The first kappa shape index (κ1) is 19.2. The summed E-state index contributed by atoms with van der Waals surface area (Å²) in [6.07, 6.45) is 2.48. The molecule has 0 bridgehead atoms. The molecule has 6 heteroatoms. The number of aryl methyl sites for hydroxylation is 2. The number of carbonyl (C=O) groups excluding carboxylic acids is 1. The van der Waals surface area contributed by atoms with Gasteiger partial charge in [-0.05, 0) is 37.8 Å². The largest absolute Gasteiger partial charge is 0.384 e. The van der Waals surface area contributed by atoms with Crippen molar-refractivity contribution in [2.24, 2.45) is 5.92 Å². The predicted molar refractivity (Wildman–Crippen MR) is 97.5 cm³/mol. The molecule has 0 spiro atoms. The van der Waals surface area contributed by atoms with Gasteiger partial charge in [-0.25, -0.2) is 4.98 Å². The molecule has 1 aliphatic rings. The highest BCUT2D eigenvalue weighted by molar-refractivity contribution is 5.76. The Hall–Kier alpha value is -2.13. The van der Waals surface area contributed by atoms with Crippen molar-refractivity contribution in [2.75, 3.05) is 31.7 Å². The Balaban J connectivity index is 2.19. The number of anilines is 1. The molecule has 1 aliphatic heterocycles. The van der Waals surface area contributed by atoms with Crippen LogP contribution < -0.4 is 10.2 Å². The van der Waals surface area contributed by atoms with E-state index >= 15 is 0 Å². The monoisotopic (exact) mass is 344 g/mol. The molecule has 1 aromatic heterocycles. The number of amides is 1. The van der Waals surface area contributed by atoms with Gasteiger partial charge in [0.2, 0.25) is 5.91 Å². The molecule has 1 saturated heterocycles. The van der Waals surface area contributed by atoms with Gasteiger partial charge >= 0.3 is 0 Å². The van der Waals surface area contributed by atoms with E-state index in [1.165, 1.54) is 0 Å². The second-order valence-corrected chi connectivity index (χ2v) is 6.76. The number of rotatable bonds is 7. The highest BCUT2D eigenvalue weighted by atomic mass is 16.5. The van der Waals surface area contributed by atoms with Crippen molar-refractivity contribution in [3.05, 3.63) is 22.9 Å². The number of hydrogen-bond donors (Lipinski definition) is 1. The first-order valence-corrected chi connectivity index (χ1v) is 8.91. The van der Waals surface area contributed by atoms with Crippen molar-refractivity contribution in [3.8, 4) is 6.07 Å². The zero-order valence-corrected chi connectivity index (χ0v) is 15.6. The summed E-state index contributed by atoms with van der Waals surface area (Å²) in [6.45, 7) is 7.98. The molecule has 136 valence electrons. The summed E-state index contributed by atoms with van der Waals surface area (Å²) in [4.78, 5) is 18.9. The second kappa shape index (κ2) is 8.82. The number of nitriles is 1. The normalized spacial score (nSPS) is 19.7. The first-order chi connectivity index (χ1) is 12.0. The van der Waals surface area contributed by atoms with Gasteiger partial charge < -0.3 is 15.0 Å². The van der Waals surface area contributed by atoms with E-state index in [0.717, 1.165) is 36.5 Å². The fourth-order valence-corrected chi connectivity index (χ4v) is 3.53. The molecule has 2 rings (SSSR count). The third kappa shape index (κ3) is 4.70. The second-order valence-electron chi connectivity index (χ2n) is 6.76. The summed E-state index contributed by atoms with van der Waals surface area (Å²) < 4.78 is 4.98. The van der Waals surface area contributed by atoms with Crippen LogP contribution in [0.5, 0.6) is 0 Å². The summed E-state index contributed by atoms with van der Waals surface area (Å²) in [5, 5.41) is 12.7. The maximum absolute atomic E-state index is 12.1. The molecule has 25 heavy (non-hydrogen) atoms. The van der Waals surface area contributed by atoms with E-state index in [2.05, 4.69) is 28.2 Å². The molecule has 0 radical (unpaired) electrons. The lowest BCUT2D eigenvalue weighted by Gasteiger charge is -2.20. The van der Waals surface area contributed by atoms with Crippen LogP contribution in [0.1, 0.15) is 43.0 Å². The number of methoxy groups -OCH3 is 1. The first-order valence-electron chi connectivity index (χ1n) is 8.91. The Morgan fingerprint density at radius 2 is 2.24 bits per heavy atom. The van der Waals surface area contributed by atoms with Crippen LogP contribution in [0, 0.1) is 31.1 Å². The molecular formula is C19H28N4O2. The van der Waals surface area contributed by atoms with Crippen LogP contribution in [-0.2, 0) is 9.53 Å². The smallest absolute Gasteiger partial charge is 0.222 e. The van der Waals surface area contributed by atoms with E-state index in [0.29, 0.717) is 31.1 Å². The van der Waals surface area contributed by atoms with E-state index < -0.39 is 0 Å². The summed E-state index contributed by atoms with van der Waals surface area (Å²) in [6, 6.07) is 4.31. The minimum Gasteiger partial charge on any atom is -0.384 e. The topological polar surface area (TPSA) is 78.3 Å². The minimum atomic E-state index is 0.0173. The van der Waals surface area contributed by atoms with Gasteiger partial charge in [0, 0.05) is 32.3 Å². The van der Waals surface area contributed by atoms with Crippen molar-refractivity contribution in [2.45, 2.75) is 46.1 Å². The highest BCUT2D eigenvalue weighted by Crippen LogP contribution is 2.29. The van der Waals surface area contributed by atoms with Crippen LogP contribution in [-0.4, -0.2) is 43.7 Å². The van der Waals surface area contributed by atoms with Gasteiger partial charge in [0.25, 0.3) is 0 Å². The molecule has 1 amide bonds. The van der Waals surface area contributed by atoms with Crippen molar-refractivity contribution < 1.29 is 9.53 Å². The third-order valence-corrected chi connectivity index (χ3v) is 4.72. The van der Waals surface area contributed by atoms with E-state index in [-0.39, 0.29) is 11.9 Å². The Labute approximate surface area is 150 Å². The van der Waals surface area contributed by atoms with Crippen LogP contribution in [0.2, 0.25) is 0 Å². The maximum Gasteiger partial charge on any atom is 0.222 e. The summed E-state index contributed by atoms with van der Waals surface area (Å²) >= 11 is 0. The maximum atomic E-state index is 12.1. The molecule has 0 aromatic carbocycles. The van der Waals surface area contributed by atoms with Crippen molar-refractivity contribution in [1.29, 1.82) is 5.26 Å². The van der Waals surface area contributed by atoms with Crippen molar-refractivity contribution >= 4 is 11.7 Å². The molecular weight excluding hydrogens is 316 g/mol. The highest BCUT2D eigenvalue weighted by Gasteiger charge is 2.35. The fraction of sp³-hybridized carbons (Fsp3) is 0.632. The molecule has 0 saturated carbocycles. The molecule has 0 aliphatic carbocycles. The average Bonchev–Trinajstić information content (AvgIpc) is 2.95. The van der Waals surface area contributed by atoms with Crippen LogP contribution in [0.15, 0.2) is 6.07 Å². The van der Waals surface area contributed by atoms with Crippen LogP contribution >= 0.6 is 0 Å². The SMILES string of the molecule is CCC[C@H]1CN(c2nc(C)cc(C)c2C#N)C[C@@H]1NC(=O)CCOC. The lowest BCUT2D eigenvalue weighted by atomic mass is 9.98. The minimum absolute atomic E-state index is 0.0173. The molecule has 1 N–H and O–H groups in total. The molecule has 2 atom stereocenters. The van der Waals surface area contributed by atoms with Gasteiger partial charge in [-0.15, -0.1) is 0 Å². The summed E-state index contributed by atoms with van der Waals surface area (Å²) in [5.41, 5.74) is 2.49. The molecule has 1 fully saturated rings. The zero-order chi connectivity index (χ0) is 18.4. The third-order valence-electron chi connectivity index (χ3n) is 4.72. The van der Waals surface area contributed by atoms with Crippen LogP contribution in [0.25, 0.3) is 0 Å². The Morgan fingerprint density at radius 3 is 2.88 bits per heavy atom. The van der Waals surface area contributed by atoms with Gasteiger partial charge in [-0.3, -0.25) is 4.79 Å². The van der Waals surface area contributed by atoms with Gasteiger partial charge in [0.15, 0.2) is 0 Å². The number of hydrogen-bond acceptors (Lipinski definition) is 5. The van der Waals surface area contributed by atoms with Crippen LogP contribution in [0.4, 0.5) is 5.82 Å². The molecule has 0 unspecified atom stereocenters. The standard InChI is InChI=1S/C19H28N4O2/c1-5-6-15-11-23(12-17(15)22-18(24)7-8-25-4)19-16(10-20)13(2)9-14(3)21-19/h9,15,17H,5-8,11-12H2,1-4H3,(H,22,24)/t15-,17-/m0/s1. The molecule has 1 aromatic rings. The zero-order valence-electron chi connectivity index (χ0n) is 15.6. The predicted octanol–water partition coefficient (Wildman–Crippen LogP) is 2.33. The Bertz CT molecular complexity index is 654. The van der Waals surface area contributed by atoms with Crippen LogP contribution in [0.3, 0.4) is 0 Å². The van der Waals surface area contributed by atoms with Gasteiger partial charge in [0.1, 0.15) is 11.9 Å². The number of aromatic nitrogens is 1. The lowest BCUT2D eigenvalue weighted by molar-refractivity contribution is -0.122. The number of nitrogens with one attached hydrogen (secondary N) is 1. The van der Waals surface area contributed by atoms with Crippen molar-refractivity contribution in [3.63, 3.8) is 0 Å². The van der Waals surface area contributed by atoms with Crippen molar-refractivity contribution in [1.82, 2.24) is 10.3 Å². The number of ether oxygens (including phenoxy) is 1. The van der Waals surface area contributed by atoms with E-state index in [1.54, 1.807) is 7.11 Å². The average molecular weight is 344 g/mol. The van der Waals surface area contributed by atoms with E-state index in [9.17, 15) is 10.1 Å². The Kier molecular flexibility index (Phi) is 6.77. The summed E-state index contributed by atoms with van der Waals surface area (Å²) in [5.74, 6) is 1.13. The Morgan fingerprint density at radius 1 is 1.48 bits per heavy atom. The van der Waals surface area contributed by atoms with E-state index in [1.807, 2.05) is 19.9 Å². The summed E-state index contributed by atoms with van der Waals surface area (Å²) in [7, 11) is 1.60. The van der Waals surface area contributed by atoms with Gasteiger partial charge in [0.05, 0.1) is 18.2 Å². The number of pyridine rings is 1. The number of carbonyl (C=O) groups is 1. The van der Waals surface area contributed by atoms with E-state index in [4.69, 9.17) is 4.74 Å². The quantitative estimate of drug-likeness (QED) is 0.821. The fourth-order valence-electron chi connectivity index (χ4n) is 3.53. The molecule has 6 nitrogen and oxygen atoms in total. The van der Waals surface area contributed by atoms with Gasteiger partial charge in [-0.2, -0.15) is 5.26 Å². The molecule has 2 heterocycles. The van der Waals surface area contributed by atoms with Gasteiger partial charge in [-0.1, -0.05) is 13.3 Å². The lowest BCUT2D eigenvalue weighted by Crippen LogP contribution is -2.41.